The molecule has 20 heavy (non-hydrogen) atoms. The molecule has 0 radical (unpaired) electrons. The average Bonchev–Trinajstić information content (AvgIpc) is 2.97. The van der Waals surface area contributed by atoms with E-state index in [0.29, 0.717) is 6.61 Å². The van der Waals surface area contributed by atoms with Crippen LogP contribution in [0.1, 0.15) is 38.4 Å². The van der Waals surface area contributed by atoms with Gasteiger partial charge in [0, 0.05) is 6.54 Å². The van der Waals surface area contributed by atoms with Gasteiger partial charge < -0.3 is 9.30 Å². The molecule has 4 heteroatoms. The molecule has 1 aliphatic rings. The highest BCUT2D eigenvalue weighted by Gasteiger charge is 2.34. The largest absolute Gasteiger partial charge is 0.492 e. The van der Waals surface area contributed by atoms with E-state index in [1.54, 1.807) is 0 Å². The Morgan fingerprint density at radius 2 is 2.25 bits per heavy atom. The molecular weight excluding hydrogens is 272 g/mol. The van der Waals surface area contributed by atoms with E-state index >= 15 is 0 Å². The predicted molar refractivity (Wildman–Crippen MR) is 82.4 cm³/mol. The van der Waals surface area contributed by atoms with Crippen molar-refractivity contribution >= 4 is 22.6 Å². The molecule has 1 aromatic carbocycles. The molecule has 1 saturated carbocycles. The molecule has 1 heterocycles. The van der Waals surface area contributed by atoms with Gasteiger partial charge in [0.2, 0.25) is 0 Å². The minimum atomic E-state index is -0.0917. The van der Waals surface area contributed by atoms with Crippen LogP contribution in [-0.4, -0.2) is 16.2 Å². The summed E-state index contributed by atoms with van der Waals surface area (Å²) in [4.78, 5) is 4.74. The van der Waals surface area contributed by atoms with Gasteiger partial charge in [-0.1, -0.05) is 13.0 Å². The van der Waals surface area contributed by atoms with Crippen molar-refractivity contribution < 1.29 is 4.74 Å². The molecule has 2 aromatic rings. The van der Waals surface area contributed by atoms with E-state index in [1.165, 1.54) is 6.42 Å². The Balaban J connectivity index is 2.09. The first-order valence-electron chi connectivity index (χ1n) is 7.37. The van der Waals surface area contributed by atoms with Gasteiger partial charge in [0.15, 0.2) is 0 Å². The third-order valence-electron chi connectivity index (χ3n) is 4.12. The van der Waals surface area contributed by atoms with Crippen LogP contribution in [0.3, 0.4) is 0 Å². The van der Waals surface area contributed by atoms with Crippen LogP contribution in [0.5, 0.6) is 5.75 Å². The van der Waals surface area contributed by atoms with Gasteiger partial charge in [-0.05, 0) is 44.2 Å². The smallest absolute Gasteiger partial charge is 0.147 e. The summed E-state index contributed by atoms with van der Waals surface area (Å²) in [5, 5.41) is -0.0917. The number of imidazole rings is 1. The van der Waals surface area contributed by atoms with Crippen LogP contribution in [0.25, 0.3) is 11.0 Å². The molecule has 1 fully saturated rings. The molecule has 3 rings (SSSR count). The fourth-order valence-corrected chi connectivity index (χ4v) is 2.96. The molecule has 0 N–H and O–H groups in total. The maximum absolute atomic E-state index is 6.33. The van der Waals surface area contributed by atoms with Gasteiger partial charge in [0.05, 0.1) is 17.5 Å². The number of rotatable bonds is 5. The monoisotopic (exact) mass is 292 g/mol. The van der Waals surface area contributed by atoms with Crippen molar-refractivity contribution in [1.82, 2.24) is 9.55 Å². The lowest BCUT2D eigenvalue weighted by atomic mass is 10.2. The predicted octanol–water partition coefficient (Wildman–Crippen LogP) is 4.39. The van der Waals surface area contributed by atoms with Crippen molar-refractivity contribution in [3.05, 3.63) is 24.0 Å². The van der Waals surface area contributed by atoms with E-state index in [2.05, 4.69) is 17.6 Å². The zero-order chi connectivity index (χ0) is 14.3. The molecule has 0 amide bonds. The quantitative estimate of drug-likeness (QED) is 0.764. The van der Waals surface area contributed by atoms with Gasteiger partial charge in [0.1, 0.15) is 17.1 Å². The van der Waals surface area contributed by atoms with Crippen LogP contribution in [0.2, 0.25) is 0 Å². The van der Waals surface area contributed by atoms with E-state index in [0.717, 1.165) is 41.0 Å². The molecule has 3 unspecified atom stereocenters. The Hall–Kier alpha value is -1.22. The molecule has 1 aliphatic carbocycles. The Kier molecular flexibility index (Phi) is 3.63. The summed E-state index contributed by atoms with van der Waals surface area (Å²) in [6.07, 6.45) is 1.31. The number of nitrogens with zero attached hydrogens (tertiary/aromatic N) is 2. The molecule has 108 valence electrons. The van der Waals surface area contributed by atoms with Crippen LogP contribution in [-0.2, 0) is 6.54 Å². The second-order valence-corrected chi connectivity index (χ2v) is 6.38. The lowest BCUT2D eigenvalue weighted by Gasteiger charge is -2.10. The maximum atomic E-state index is 6.33. The SMILES string of the molecule is CCOc1cccc2c1nc(C(C)Cl)n2CC1CC1C. The fraction of sp³-hybridized carbons (Fsp3) is 0.562. The summed E-state index contributed by atoms with van der Waals surface area (Å²) in [6.45, 7) is 7.94. The Labute approximate surface area is 124 Å². The normalized spacial score (nSPS) is 23.0. The van der Waals surface area contributed by atoms with Gasteiger partial charge in [0.25, 0.3) is 0 Å². The summed E-state index contributed by atoms with van der Waals surface area (Å²) < 4.78 is 7.97. The van der Waals surface area contributed by atoms with E-state index in [-0.39, 0.29) is 5.38 Å². The van der Waals surface area contributed by atoms with Gasteiger partial charge in [-0.15, -0.1) is 11.6 Å². The van der Waals surface area contributed by atoms with Crippen LogP contribution >= 0.6 is 11.6 Å². The summed E-state index contributed by atoms with van der Waals surface area (Å²) in [5.41, 5.74) is 2.07. The molecule has 0 bridgehead atoms. The highest BCUT2D eigenvalue weighted by Crippen LogP contribution is 2.41. The summed E-state index contributed by atoms with van der Waals surface area (Å²) >= 11 is 6.33. The number of hydrogen-bond acceptors (Lipinski definition) is 2. The Morgan fingerprint density at radius 1 is 1.50 bits per heavy atom. The van der Waals surface area contributed by atoms with Crippen LogP contribution in [0.4, 0.5) is 0 Å². The van der Waals surface area contributed by atoms with Crippen molar-refractivity contribution in [3.8, 4) is 5.75 Å². The van der Waals surface area contributed by atoms with Gasteiger partial charge in [-0.3, -0.25) is 0 Å². The van der Waals surface area contributed by atoms with Crippen LogP contribution < -0.4 is 4.74 Å². The highest BCUT2D eigenvalue weighted by atomic mass is 35.5. The first kappa shape index (κ1) is 13.7. The van der Waals surface area contributed by atoms with Crippen molar-refractivity contribution in [2.45, 2.75) is 39.1 Å². The van der Waals surface area contributed by atoms with Gasteiger partial charge in [-0.2, -0.15) is 0 Å². The van der Waals surface area contributed by atoms with Crippen LogP contribution in [0.15, 0.2) is 18.2 Å². The number of para-hydroxylation sites is 1. The number of aromatic nitrogens is 2. The van der Waals surface area contributed by atoms with E-state index in [9.17, 15) is 0 Å². The summed E-state index contributed by atoms with van der Waals surface area (Å²) in [7, 11) is 0. The first-order chi connectivity index (χ1) is 9.61. The van der Waals surface area contributed by atoms with Crippen molar-refractivity contribution in [2.24, 2.45) is 11.8 Å². The Bertz CT molecular complexity index is 620. The van der Waals surface area contributed by atoms with Crippen LogP contribution in [0, 0.1) is 11.8 Å². The van der Waals surface area contributed by atoms with E-state index in [4.69, 9.17) is 21.3 Å². The van der Waals surface area contributed by atoms with Crippen molar-refractivity contribution in [3.63, 3.8) is 0 Å². The number of fused-ring (bicyclic) bond motifs is 1. The minimum absolute atomic E-state index is 0.0917. The molecule has 0 aliphatic heterocycles. The summed E-state index contributed by atoms with van der Waals surface area (Å²) in [5.74, 6) is 3.39. The molecule has 3 atom stereocenters. The molecule has 0 saturated heterocycles. The lowest BCUT2D eigenvalue weighted by molar-refractivity contribution is 0.343. The van der Waals surface area contributed by atoms with E-state index in [1.807, 2.05) is 26.0 Å². The van der Waals surface area contributed by atoms with Crippen molar-refractivity contribution in [2.75, 3.05) is 6.61 Å². The highest BCUT2D eigenvalue weighted by molar-refractivity contribution is 6.20. The van der Waals surface area contributed by atoms with E-state index < -0.39 is 0 Å². The number of ether oxygens (including phenoxy) is 1. The standard InChI is InChI=1S/C16H21ClN2O/c1-4-20-14-7-5-6-13-15(14)18-16(11(3)17)19(13)9-12-8-10(12)2/h5-7,10-12H,4,8-9H2,1-3H3. The number of alkyl halides is 1. The zero-order valence-corrected chi connectivity index (χ0v) is 13.0. The fourth-order valence-electron chi connectivity index (χ4n) is 2.79. The minimum Gasteiger partial charge on any atom is -0.492 e. The first-order valence-corrected chi connectivity index (χ1v) is 7.81. The molecule has 0 spiro atoms. The molecular formula is C16H21ClN2O. The number of hydrogen-bond donors (Lipinski definition) is 0. The van der Waals surface area contributed by atoms with Gasteiger partial charge in [-0.25, -0.2) is 4.98 Å². The maximum Gasteiger partial charge on any atom is 0.147 e. The second kappa shape index (κ2) is 5.28. The topological polar surface area (TPSA) is 27.1 Å². The number of halogens is 1. The number of benzene rings is 1. The van der Waals surface area contributed by atoms with Gasteiger partial charge >= 0.3 is 0 Å². The van der Waals surface area contributed by atoms with Crippen molar-refractivity contribution in [1.29, 1.82) is 0 Å². The Morgan fingerprint density at radius 3 is 2.85 bits per heavy atom. The molecule has 1 aromatic heterocycles. The zero-order valence-electron chi connectivity index (χ0n) is 12.3. The lowest BCUT2D eigenvalue weighted by Crippen LogP contribution is -2.06. The molecule has 3 nitrogen and oxygen atoms in total. The second-order valence-electron chi connectivity index (χ2n) is 5.73. The third-order valence-corrected chi connectivity index (χ3v) is 4.32. The third kappa shape index (κ3) is 2.39. The average molecular weight is 293 g/mol. The summed E-state index contributed by atoms with van der Waals surface area (Å²) in [6, 6.07) is 6.12.